The van der Waals surface area contributed by atoms with E-state index in [-0.39, 0.29) is 24.5 Å². The van der Waals surface area contributed by atoms with E-state index < -0.39 is 0 Å². The number of para-hydroxylation sites is 2. The maximum Gasteiger partial charge on any atom is 0.260 e. The molecule has 0 heterocycles. The highest BCUT2D eigenvalue weighted by atomic mass is 16.5. The molecule has 0 aromatic heterocycles. The summed E-state index contributed by atoms with van der Waals surface area (Å²) in [4.78, 5) is 28.6. The molecular formula is C21H33N3O4. The van der Waals surface area contributed by atoms with Gasteiger partial charge in [0.2, 0.25) is 5.91 Å². The number of hydrogen-bond donors (Lipinski definition) is 1. The Morgan fingerprint density at radius 2 is 1.82 bits per heavy atom. The smallest absolute Gasteiger partial charge is 0.260 e. The normalized spacial score (nSPS) is 13.3. The quantitative estimate of drug-likeness (QED) is 0.520. The van der Waals surface area contributed by atoms with Crippen LogP contribution in [0.4, 0.5) is 0 Å². The minimum atomic E-state index is -0.0906. The highest BCUT2D eigenvalue weighted by Gasteiger charge is 2.32. The Kier molecular flexibility index (Phi) is 9.07. The SMILES string of the molecule is COc1ccccc1OCC(=O)N(CCC(=O)NCCCCN(C)C)C1CC1. The number of benzene rings is 1. The number of unbranched alkanes of at least 4 members (excludes halogenated alkanes) is 1. The van der Waals surface area contributed by atoms with Crippen LogP contribution in [0.25, 0.3) is 0 Å². The molecule has 0 radical (unpaired) electrons. The molecule has 1 N–H and O–H groups in total. The van der Waals surface area contributed by atoms with Gasteiger partial charge < -0.3 is 24.6 Å². The summed E-state index contributed by atoms with van der Waals surface area (Å²) in [6.45, 7) is 2.08. The van der Waals surface area contributed by atoms with Gasteiger partial charge in [-0.25, -0.2) is 0 Å². The summed E-state index contributed by atoms with van der Waals surface area (Å²) in [7, 11) is 5.65. The predicted octanol–water partition coefficient (Wildman–Crippen LogP) is 1.91. The number of nitrogens with zero attached hydrogens (tertiary/aromatic N) is 2. The Labute approximate surface area is 168 Å². The van der Waals surface area contributed by atoms with Crippen LogP contribution in [0, 0.1) is 0 Å². The fraction of sp³-hybridized carbons (Fsp3) is 0.619. The third-order valence-electron chi connectivity index (χ3n) is 4.66. The summed E-state index contributed by atoms with van der Waals surface area (Å²) in [5.41, 5.74) is 0. The highest BCUT2D eigenvalue weighted by molar-refractivity contribution is 5.80. The molecule has 1 fully saturated rings. The van der Waals surface area contributed by atoms with Crippen molar-refractivity contribution < 1.29 is 19.1 Å². The number of nitrogens with one attached hydrogen (secondary N) is 1. The van der Waals surface area contributed by atoms with E-state index in [1.165, 1.54) is 0 Å². The molecule has 28 heavy (non-hydrogen) atoms. The molecular weight excluding hydrogens is 358 g/mol. The van der Waals surface area contributed by atoms with Crippen molar-refractivity contribution in [2.45, 2.75) is 38.1 Å². The van der Waals surface area contributed by atoms with Crippen molar-refractivity contribution in [1.29, 1.82) is 0 Å². The monoisotopic (exact) mass is 391 g/mol. The van der Waals surface area contributed by atoms with Crippen LogP contribution in [-0.4, -0.2) is 75.1 Å². The number of rotatable bonds is 13. The zero-order valence-electron chi connectivity index (χ0n) is 17.3. The average Bonchev–Trinajstić information content (AvgIpc) is 3.51. The van der Waals surface area contributed by atoms with Gasteiger partial charge in [-0.15, -0.1) is 0 Å². The first-order valence-electron chi connectivity index (χ1n) is 9.98. The van der Waals surface area contributed by atoms with E-state index in [1.807, 2.05) is 26.2 Å². The Hall–Kier alpha value is -2.28. The van der Waals surface area contributed by atoms with Crippen LogP contribution >= 0.6 is 0 Å². The standard InChI is InChI=1S/C21H33N3O4/c1-23(2)14-7-6-13-22-20(25)12-15-24(17-10-11-17)21(26)16-28-19-9-5-4-8-18(19)27-3/h4-5,8-9,17H,6-7,10-16H2,1-3H3,(H,22,25). The van der Waals surface area contributed by atoms with Crippen molar-refractivity contribution in [2.24, 2.45) is 0 Å². The topological polar surface area (TPSA) is 71.1 Å². The lowest BCUT2D eigenvalue weighted by Crippen LogP contribution is -2.39. The summed E-state index contributed by atoms with van der Waals surface area (Å²) < 4.78 is 10.9. The zero-order valence-corrected chi connectivity index (χ0v) is 17.3. The lowest BCUT2D eigenvalue weighted by Gasteiger charge is -2.22. The van der Waals surface area contributed by atoms with Gasteiger partial charge in [0, 0.05) is 25.6 Å². The van der Waals surface area contributed by atoms with Gasteiger partial charge in [-0.3, -0.25) is 9.59 Å². The average molecular weight is 392 g/mol. The third-order valence-corrected chi connectivity index (χ3v) is 4.66. The van der Waals surface area contributed by atoms with Gasteiger partial charge in [0.1, 0.15) is 0 Å². The molecule has 0 spiro atoms. The zero-order chi connectivity index (χ0) is 20.4. The number of methoxy groups -OCH3 is 1. The Bertz CT molecular complexity index is 632. The van der Waals surface area contributed by atoms with E-state index in [0.717, 1.165) is 32.2 Å². The summed E-state index contributed by atoms with van der Waals surface area (Å²) in [6.07, 6.45) is 4.33. The van der Waals surface area contributed by atoms with Gasteiger partial charge in [-0.1, -0.05) is 12.1 Å². The Morgan fingerprint density at radius 3 is 2.46 bits per heavy atom. The van der Waals surface area contributed by atoms with Crippen LogP contribution < -0.4 is 14.8 Å². The molecule has 1 aliphatic carbocycles. The van der Waals surface area contributed by atoms with E-state index in [0.29, 0.717) is 31.0 Å². The minimum absolute atomic E-state index is 0.00560. The van der Waals surface area contributed by atoms with Gasteiger partial charge in [-0.05, 0) is 58.5 Å². The van der Waals surface area contributed by atoms with Gasteiger partial charge in [0.25, 0.3) is 5.91 Å². The molecule has 0 unspecified atom stereocenters. The molecule has 0 aliphatic heterocycles. The number of carbonyl (C=O) groups is 2. The molecule has 2 amide bonds. The lowest BCUT2D eigenvalue weighted by molar-refractivity contribution is -0.134. The molecule has 7 nitrogen and oxygen atoms in total. The molecule has 0 atom stereocenters. The van der Waals surface area contributed by atoms with Gasteiger partial charge in [-0.2, -0.15) is 0 Å². The summed E-state index contributed by atoms with van der Waals surface area (Å²) in [5.74, 6) is 1.05. The summed E-state index contributed by atoms with van der Waals surface area (Å²) in [6, 6.07) is 7.49. The molecule has 2 rings (SSSR count). The van der Waals surface area contributed by atoms with Crippen molar-refractivity contribution in [2.75, 3.05) is 47.4 Å². The second kappa shape index (κ2) is 11.5. The Balaban J connectivity index is 1.72. The van der Waals surface area contributed by atoms with E-state index in [1.54, 1.807) is 24.1 Å². The van der Waals surface area contributed by atoms with Crippen LogP contribution in [0.1, 0.15) is 32.1 Å². The second-order valence-electron chi connectivity index (χ2n) is 7.37. The molecule has 1 aromatic rings. The van der Waals surface area contributed by atoms with E-state index in [4.69, 9.17) is 9.47 Å². The van der Waals surface area contributed by atoms with Crippen LogP contribution in [0.15, 0.2) is 24.3 Å². The molecule has 1 saturated carbocycles. The van der Waals surface area contributed by atoms with Crippen molar-refractivity contribution >= 4 is 11.8 Å². The minimum Gasteiger partial charge on any atom is -0.493 e. The first-order chi connectivity index (χ1) is 13.5. The summed E-state index contributed by atoms with van der Waals surface area (Å²) >= 11 is 0. The maximum absolute atomic E-state index is 12.6. The second-order valence-corrected chi connectivity index (χ2v) is 7.37. The first kappa shape index (κ1) is 22.0. The van der Waals surface area contributed by atoms with Gasteiger partial charge in [0.05, 0.1) is 7.11 Å². The summed E-state index contributed by atoms with van der Waals surface area (Å²) in [5, 5.41) is 2.94. The van der Waals surface area contributed by atoms with Crippen molar-refractivity contribution in [3.63, 3.8) is 0 Å². The van der Waals surface area contributed by atoms with Crippen LogP contribution in [0.5, 0.6) is 11.5 Å². The number of ether oxygens (including phenoxy) is 2. The van der Waals surface area contributed by atoms with Crippen LogP contribution in [-0.2, 0) is 9.59 Å². The molecule has 7 heteroatoms. The fourth-order valence-electron chi connectivity index (χ4n) is 2.95. The van der Waals surface area contributed by atoms with Crippen molar-refractivity contribution in [1.82, 2.24) is 15.1 Å². The Morgan fingerprint density at radius 1 is 1.11 bits per heavy atom. The van der Waals surface area contributed by atoms with Gasteiger partial charge in [0.15, 0.2) is 18.1 Å². The molecule has 0 saturated heterocycles. The lowest BCUT2D eigenvalue weighted by atomic mass is 10.3. The highest BCUT2D eigenvalue weighted by Crippen LogP contribution is 2.28. The number of carbonyl (C=O) groups excluding carboxylic acids is 2. The van der Waals surface area contributed by atoms with Crippen molar-refractivity contribution in [3.05, 3.63) is 24.3 Å². The fourth-order valence-corrected chi connectivity index (χ4v) is 2.95. The molecule has 1 aromatic carbocycles. The van der Waals surface area contributed by atoms with Crippen molar-refractivity contribution in [3.8, 4) is 11.5 Å². The number of amides is 2. The molecule has 1 aliphatic rings. The molecule has 0 bridgehead atoms. The third kappa shape index (κ3) is 7.76. The van der Waals surface area contributed by atoms with E-state index in [9.17, 15) is 9.59 Å². The number of hydrogen-bond acceptors (Lipinski definition) is 5. The predicted molar refractivity (Wildman–Crippen MR) is 109 cm³/mol. The first-order valence-corrected chi connectivity index (χ1v) is 9.98. The largest absolute Gasteiger partial charge is 0.493 e. The van der Waals surface area contributed by atoms with Crippen LogP contribution in [0.2, 0.25) is 0 Å². The maximum atomic E-state index is 12.6. The van der Waals surface area contributed by atoms with E-state index in [2.05, 4.69) is 10.2 Å². The van der Waals surface area contributed by atoms with Crippen LogP contribution in [0.3, 0.4) is 0 Å². The molecule has 156 valence electrons. The van der Waals surface area contributed by atoms with E-state index >= 15 is 0 Å². The van der Waals surface area contributed by atoms with Gasteiger partial charge >= 0.3 is 0 Å².